The summed E-state index contributed by atoms with van der Waals surface area (Å²) in [4.78, 5) is 14.9. The number of benzene rings is 3. The van der Waals surface area contributed by atoms with Gasteiger partial charge in [-0.15, -0.1) is 0 Å². The van der Waals surface area contributed by atoms with Gasteiger partial charge in [-0.1, -0.05) is 49.7 Å². The monoisotopic (exact) mass is 688 g/mol. The number of carbonyl (C=O) groups is 1. The van der Waals surface area contributed by atoms with Crippen LogP contribution in [0.25, 0.3) is 0 Å². The van der Waals surface area contributed by atoms with Gasteiger partial charge < -0.3 is 25.2 Å². The molecule has 0 amide bonds. The number of esters is 1. The molecule has 0 aliphatic carbocycles. The van der Waals surface area contributed by atoms with E-state index in [-0.39, 0.29) is 48.6 Å². The number of hydrogen-bond acceptors (Lipinski definition) is 10. The first-order valence-electron chi connectivity index (χ1n) is 15.6. The Morgan fingerprint density at radius 1 is 1.02 bits per heavy atom. The van der Waals surface area contributed by atoms with E-state index in [1.54, 1.807) is 30.3 Å². The van der Waals surface area contributed by atoms with Crippen LogP contribution in [-0.4, -0.2) is 82.3 Å². The van der Waals surface area contributed by atoms with E-state index in [0.29, 0.717) is 12.0 Å². The van der Waals surface area contributed by atoms with Crippen LogP contribution in [-0.2, 0) is 36.2 Å². The maximum Gasteiger partial charge on any atom is 0.321 e. The van der Waals surface area contributed by atoms with E-state index in [9.17, 15) is 31.8 Å². The van der Waals surface area contributed by atoms with Crippen molar-refractivity contribution < 1.29 is 36.6 Å². The minimum absolute atomic E-state index is 0.00573. The van der Waals surface area contributed by atoms with Crippen LogP contribution in [0.3, 0.4) is 0 Å². The van der Waals surface area contributed by atoms with Crippen LogP contribution in [0.15, 0.2) is 77.7 Å². The van der Waals surface area contributed by atoms with Crippen LogP contribution >= 0.6 is 0 Å². The smallest absolute Gasteiger partial charge is 0.321 e. The predicted molar refractivity (Wildman–Crippen MR) is 181 cm³/mol. The quantitative estimate of drug-likeness (QED) is 0.129. The SMILES string of the molecule is CCCCN(CC(=O)OCc1ccccc1)S(=O)(=O)c1ccc(N2CCC(NCC(O)c3ccc(O)c(NS(C)(=O)=O)c3)CC2)cc1. The van der Waals surface area contributed by atoms with Crippen LogP contribution < -0.4 is 14.9 Å². The average molecular weight is 689 g/mol. The number of sulfonamides is 2. The molecule has 3 aromatic carbocycles. The molecule has 1 aliphatic heterocycles. The normalized spacial score (nSPS) is 15.0. The number of carbonyl (C=O) groups excluding carboxylic acids is 1. The third-order valence-electron chi connectivity index (χ3n) is 7.94. The molecule has 4 rings (SSSR count). The number of piperidine rings is 1. The Kier molecular flexibility index (Phi) is 12.6. The predicted octanol–water partition coefficient (Wildman–Crippen LogP) is 3.59. The van der Waals surface area contributed by atoms with Gasteiger partial charge in [-0.25, -0.2) is 16.8 Å². The molecule has 1 saturated heterocycles. The Morgan fingerprint density at radius 2 is 1.70 bits per heavy atom. The third kappa shape index (κ3) is 10.7. The number of rotatable bonds is 16. The molecule has 256 valence electrons. The highest BCUT2D eigenvalue weighted by Gasteiger charge is 2.28. The first-order chi connectivity index (χ1) is 22.4. The second kappa shape index (κ2) is 16.4. The fourth-order valence-electron chi connectivity index (χ4n) is 5.30. The van der Waals surface area contributed by atoms with Crippen molar-refractivity contribution in [2.45, 2.75) is 56.3 Å². The molecule has 12 nitrogen and oxygen atoms in total. The summed E-state index contributed by atoms with van der Waals surface area (Å²) in [6.45, 7) is 3.57. The van der Waals surface area contributed by atoms with Crippen molar-refractivity contribution in [1.29, 1.82) is 0 Å². The van der Waals surface area contributed by atoms with Crippen LogP contribution in [0.4, 0.5) is 11.4 Å². The molecule has 0 radical (unpaired) electrons. The van der Waals surface area contributed by atoms with Crippen molar-refractivity contribution >= 4 is 37.4 Å². The highest BCUT2D eigenvalue weighted by molar-refractivity contribution is 7.92. The molecule has 47 heavy (non-hydrogen) atoms. The summed E-state index contributed by atoms with van der Waals surface area (Å²) in [6, 6.07) is 20.4. The Hall–Kier alpha value is -3.69. The van der Waals surface area contributed by atoms with Crippen LogP contribution in [0.5, 0.6) is 5.75 Å². The Morgan fingerprint density at radius 3 is 2.34 bits per heavy atom. The molecule has 0 spiro atoms. The topological polar surface area (TPSA) is 166 Å². The van der Waals surface area contributed by atoms with Crippen molar-refractivity contribution in [3.8, 4) is 5.75 Å². The van der Waals surface area contributed by atoms with Crippen LogP contribution in [0.2, 0.25) is 0 Å². The van der Waals surface area contributed by atoms with Crippen molar-refractivity contribution in [3.63, 3.8) is 0 Å². The molecule has 1 heterocycles. The number of aliphatic hydroxyl groups excluding tert-OH is 1. The standard InChI is InChI=1S/C33H44N4O8S2/c1-3-4-18-37(23-33(40)45-24-25-8-6-5-7-9-25)47(43,44)29-13-11-28(12-14-29)36-19-16-27(17-20-36)34-22-32(39)26-10-15-31(38)30(21-26)35-46(2,41)42/h5-15,21,27,32,34-35,38-39H,3-4,16-20,22-24H2,1-2H3. The zero-order valence-corrected chi connectivity index (χ0v) is 28.3. The number of ether oxygens (including phenoxy) is 1. The van der Waals surface area contributed by atoms with E-state index in [2.05, 4.69) is 14.9 Å². The molecule has 0 saturated carbocycles. The van der Waals surface area contributed by atoms with E-state index in [0.717, 1.165) is 49.9 Å². The number of nitrogens with zero attached hydrogens (tertiary/aromatic N) is 2. The maximum absolute atomic E-state index is 13.5. The average Bonchev–Trinajstić information content (AvgIpc) is 3.05. The van der Waals surface area contributed by atoms with Gasteiger partial charge >= 0.3 is 5.97 Å². The number of aliphatic hydroxyl groups is 1. The number of unbranched alkanes of at least 4 members (excludes halogenated alkanes) is 1. The van der Waals surface area contributed by atoms with E-state index in [1.165, 1.54) is 16.4 Å². The van der Waals surface area contributed by atoms with Gasteiger partial charge in [0.1, 0.15) is 18.9 Å². The zero-order valence-electron chi connectivity index (χ0n) is 26.7. The van der Waals surface area contributed by atoms with Gasteiger partial charge in [0.15, 0.2) is 0 Å². The number of phenols is 1. The molecule has 1 atom stereocenters. The molecule has 4 N–H and O–H groups in total. The lowest BCUT2D eigenvalue weighted by atomic mass is 10.0. The minimum atomic E-state index is -3.93. The van der Waals surface area contributed by atoms with Gasteiger partial charge in [0.25, 0.3) is 0 Å². The maximum atomic E-state index is 13.5. The van der Waals surface area contributed by atoms with Crippen molar-refractivity contribution in [2.24, 2.45) is 0 Å². The van der Waals surface area contributed by atoms with E-state index < -0.39 is 32.1 Å². The Balaban J connectivity index is 1.29. The summed E-state index contributed by atoms with van der Waals surface area (Å²) in [6.07, 6.45) is 3.04. The Labute approximate surface area is 277 Å². The molecular weight excluding hydrogens is 645 g/mol. The molecule has 0 aromatic heterocycles. The van der Waals surface area contributed by atoms with E-state index in [1.807, 2.05) is 37.3 Å². The summed E-state index contributed by atoms with van der Waals surface area (Å²) in [5.74, 6) is -0.837. The van der Waals surface area contributed by atoms with E-state index >= 15 is 0 Å². The number of nitrogens with one attached hydrogen (secondary N) is 2. The highest BCUT2D eigenvalue weighted by atomic mass is 32.2. The van der Waals surface area contributed by atoms with Gasteiger partial charge in [-0.05, 0) is 66.8 Å². The van der Waals surface area contributed by atoms with E-state index in [4.69, 9.17) is 4.74 Å². The molecule has 1 aliphatic rings. The molecule has 3 aromatic rings. The Bertz CT molecular complexity index is 1680. The fourth-order valence-corrected chi connectivity index (χ4v) is 7.29. The zero-order chi connectivity index (χ0) is 34.0. The second-order valence-electron chi connectivity index (χ2n) is 11.7. The lowest BCUT2D eigenvalue weighted by Crippen LogP contribution is -2.43. The van der Waals surface area contributed by atoms with Crippen molar-refractivity contribution in [3.05, 3.63) is 83.9 Å². The molecule has 1 fully saturated rings. The van der Waals surface area contributed by atoms with Gasteiger partial charge in [-0.2, -0.15) is 4.31 Å². The molecular formula is C33H44N4O8S2. The summed E-state index contributed by atoms with van der Waals surface area (Å²) in [5.41, 5.74) is 2.18. The number of aromatic hydroxyl groups is 1. The fraction of sp³-hybridized carbons (Fsp3) is 0.424. The van der Waals surface area contributed by atoms with Crippen LogP contribution in [0, 0.1) is 0 Å². The third-order valence-corrected chi connectivity index (χ3v) is 10.4. The van der Waals surface area contributed by atoms with Gasteiger partial charge in [-0.3, -0.25) is 9.52 Å². The number of hydrogen-bond donors (Lipinski definition) is 4. The summed E-state index contributed by atoms with van der Waals surface area (Å²) in [7, 11) is -7.52. The van der Waals surface area contributed by atoms with Crippen LogP contribution in [0.1, 0.15) is 49.8 Å². The molecule has 14 heteroatoms. The number of anilines is 2. The lowest BCUT2D eigenvalue weighted by Gasteiger charge is -2.34. The summed E-state index contributed by atoms with van der Waals surface area (Å²) >= 11 is 0. The van der Waals surface area contributed by atoms with Gasteiger partial charge in [0.05, 0.1) is 22.9 Å². The summed E-state index contributed by atoms with van der Waals surface area (Å²) < 4.78 is 59.0. The lowest BCUT2D eigenvalue weighted by molar-refractivity contribution is -0.145. The second-order valence-corrected chi connectivity index (χ2v) is 15.4. The summed E-state index contributed by atoms with van der Waals surface area (Å²) in [5, 5.41) is 24.0. The first-order valence-corrected chi connectivity index (χ1v) is 19.0. The largest absolute Gasteiger partial charge is 0.506 e. The highest BCUT2D eigenvalue weighted by Crippen LogP contribution is 2.28. The molecule has 0 bridgehead atoms. The van der Waals surface area contributed by atoms with Gasteiger partial charge in [0.2, 0.25) is 20.0 Å². The minimum Gasteiger partial charge on any atom is -0.506 e. The van der Waals surface area contributed by atoms with Gasteiger partial charge in [0, 0.05) is 37.9 Å². The first kappa shape index (κ1) is 36.2. The van der Waals surface area contributed by atoms with Crippen molar-refractivity contribution in [1.82, 2.24) is 9.62 Å². The molecule has 1 unspecified atom stereocenters. The van der Waals surface area contributed by atoms with Crippen molar-refractivity contribution in [2.75, 3.05) is 48.6 Å². The number of phenolic OH excluding ortho intramolecular Hbond substituents is 1.